The van der Waals surface area contributed by atoms with Crippen molar-refractivity contribution in [2.45, 2.75) is 77.3 Å². The first-order chi connectivity index (χ1) is 14.5. The Balaban J connectivity index is 1.51. The Morgan fingerprint density at radius 2 is 1.33 bits per heavy atom. The van der Waals surface area contributed by atoms with Crippen LogP contribution >= 0.6 is 0 Å². The van der Waals surface area contributed by atoms with Gasteiger partial charge in [0.05, 0.1) is 5.56 Å². The van der Waals surface area contributed by atoms with Crippen LogP contribution in [0.2, 0.25) is 0 Å². The number of hydrogen-bond donors (Lipinski definition) is 0. The smallest absolute Gasteiger partial charge is 0.166 e. The van der Waals surface area contributed by atoms with E-state index in [1.54, 1.807) is 12.1 Å². The second-order valence-corrected chi connectivity index (χ2v) is 8.58. The molecule has 162 valence electrons. The second-order valence-electron chi connectivity index (χ2n) is 8.58. The highest BCUT2D eigenvalue weighted by molar-refractivity contribution is 5.71. The molecular weight excluding hydrogens is 381 g/mol. The Hall–Kier alpha value is -2.03. The van der Waals surface area contributed by atoms with Crippen LogP contribution in [0.5, 0.6) is 0 Å². The largest absolute Gasteiger partial charge is 0.416 e. The second kappa shape index (κ2) is 10.8. The fraction of sp³-hybridized carbons (Fsp3) is 0.481. The van der Waals surface area contributed by atoms with Crippen molar-refractivity contribution >= 4 is 5.57 Å². The van der Waals surface area contributed by atoms with Gasteiger partial charge >= 0.3 is 6.18 Å². The lowest BCUT2D eigenvalue weighted by Gasteiger charge is -2.22. The van der Waals surface area contributed by atoms with Crippen LogP contribution in [0.4, 0.5) is 13.2 Å². The molecule has 2 aromatic rings. The SMILES string of the molecule is CCCCCCCCC1CC=C(c2ccc(-c3ccc(C(F)(F)F)cc3)cc2)CC1. The van der Waals surface area contributed by atoms with Crippen molar-refractivity contribution in [1.82, 2.24) is 0 Å². The van der Waals surface area contributed by atoms with E-state index in [9.17, 15) is 13.2 Å². The maximum atomic E-state index is 12.7. The number of halogens is 3. The summed E-state index contributed by atoms with van der Waals surface area (Å²) in [5.74, 6) is 0.825. The topological polar surface area (TPSA) is 0 Å². The standard InChI is InChI=1S/C27H33F3/c1-2-3-4-5-6-7-8-21-9-11-22(12-10-21)23-13-15-24(16-14-23)25-17-19-26(20-18-25)27(28,29)30/h11,13-21H,2-10,12H2,1H3. The molecule has 0 heterocycles. The molecule has 0 saturated heterocycles. The zero-order valence-corrected chi connectivity index (χ0v) is 18.0. The van der Waals surface area contributed by atoms with Crippen LogP contribution in [0, 0.1) is 5.92 Å². The normalized spacial score (nSPS) is 17.1. The van der Waals surface area contributed by atoms with Crippen LogP contribution in [-0.2, 0) is 6.18 Å². The predicted octanol–water partition coefficient (Wildman–Crippen LogP) is 9.31. The number of unbranched alkanes of at least 4 members (excludes halogenated alkanes) is 5. The van der Waals surface area contributed by atoms with Crippen LogP contribution in [0.1, 0.15) is 82.3 Å². The Bertz CT molecular complexity index is 797. The van der Waals surface area contributed by atoms with Gasteiger partial charge in [-0.3, -0.25) is 0 Å². The maximum Gasteiger partial charge on any atom is 0.416 e. The highest BCUT2D eigenvalue weighted by atomic mass is 19.4. The van der Waals surface area contributed by atoms with Gasteiger partial charge in [-0.05, 0) is 59.6 Å². The predicted molar refractivity (Wildman–Crippen MR) is 120 cm³/mol. The van der Waals surface area contributed by atoms with E-state index >= 15 is 0 Å². The molecule has 0 amide bonds. The molecular formula is C27H33F3. The summed E-state index contributed by atoms with van der Waals surface area (Å²) in [4.78, 5) is 0. The minimum Gasteiger partial charge on any atom is -0.166 e. The van der Waals surface area contributed by atoms with Crippen LogP contribution in [-0.4, -0.2) is 0 Å². The fourth-order valence-electron chi connectivity index (χ4n) is 4.35. The Morgan fingerprint density at radius 3 is 1.90 bits per heavy atom. The minimum atomic E-state index is -4.29. The number of benzene rings is 2. The van der Waals surface area contributed by atoms with Crippen molar-refractivity contribution in [3.63, 3.8) is 0 Å². The molecule has 0 nitrogen and oxygen atoms in total. The molecule has 2 aromatic carbocycles. The van der Waals surface area contributed by atoms with Gasteiger partial charge in [0, 0.05) is 0 Å². The average Bonchev–Trinajstić information content (AvgIpc) is 2.76. The summed E-state index contributed by atoms with van der Waals surface area (Å²) in [6.45, 7) is 2.26. The molecule has 1 unspecified atom stereocenters. The zero-order chi connectivity index (χ0) is 21.4. The van der Waals surface area contributed by atoms with E-state index in [1.165, 1.54) is 68.9 Å². The van der Waals surface area contributed by atoms with Gasteiger partial charge in [-0.2, -0.15) is 13.2 Å². The van der Waals surface area contributed by atoms with E-state index in [0.29, 0.717) is 0 Å². The molecule has 1 aliphatic rings. The number of hydrogen-bond acceptors (Lipinski definition) is 0. The Labute approximate surface area is 179 Å². The van der Waals surface area contributed by atoms with Gasteiger partial charge in [-0.15, -0.1) is 0 Å². The first-order valence-corrected chi connectivity index (χ1v) is 11.4. The van der Waals surface area contributed by atoms with Crippen molar-refractivity contribution in [2.75, 3.05) is 0 Å². The van der Waals surface area contributed by atoms with E-state index in [-0.39, 0.29) is 0 Å². The lowest BCUT2D eigenvalue weighted by Crippen LogP contribution is -2.05. The maximum absolute atomic E-state index is 12.7. The lowest BCUT2D eigenvalue weighted by atomic mass is 9.83. The zero-order valence-electron chi connectivity index (χ0n) is 18.0. The molecule has 1 atom stereocenters. The highest BCUT2D eigenvalue weighted by Crippen LogP contribution is 2.34. The monoisotopic (exact) mass is 414 g/mol. The van der Waals surface area contributed by atoms with E-state index < -0.39 is 11.7 Å². The summed E-state index contributed by atoms with van der Waals surface area (Å²) in [7, 11) is 0. The number of rotatable bonds is 9. The molecule has 0 fully saturated rings. The van der Waals surface area contributed by atoms with E-state index in [2.05, 4.69) is 25.1 Å². The number of allylic oxidation sites excluding steroid dienone is 2. The third-order valence-electron chi connectivity index (χ3n) is 6.29. The van der Waals surface area contributed by atoms with E-state index in [1.807, 2.05) is 12.1 Å². The van der Waals surface area contributed by atoms with Crippen molar-refractivity contribution in [2.24, 2.45) is 5.92 Å². The third kappa shape index (κ3) is 6.48. The highest BCUT2D eigenvalue weighted by Gasteiger charge is 2.29. The van der Waals surface area contributed by atoms with Crippen LogP contribution in [0.25, 0.3) is 16.7 Å². The number of alkyl halides is 3. The Kier molecular flexibility index (Phi) is 8.18. The molecule has 0 radical (unpaired) electrons. The van der Waals surface area contributed by atoms with Crippen LogP contribution in [0.15, 0.2) is 54.6 Å². The summed E-state index contributed by atoms with van der Waals surface area (Å²) < 4.78 is 38.2. The fourth-order valence-corrected chi connectivity index (χ4v) is 4.35. The van der Waals surface area contributed by atoms with Gasteiger partial charge in [0.2, 0.25) is 0 Å². The molecule has 0 aliphatic heterocycles. The Morgan fingerprint density at radius 1 is 0.767 bits per heavy atom. The molecule has 0 spiro atoms. The molecule has 3 heteroatoms. The van der Waals surface area contributed by atoms with Crippen molar-refractivity contribution < 1.29 is 13.2 Å². The van der Waals surface area contributed by atoms with E-state index in [4.69, 9.17) is 0 Å². The quantitative estimate of drug-likeness (QED) is 0.359. The molecule has 3 rings (SSSR count). The first-order valence-electron chi connectivity index (χ1n) is 11.4. The van der Waals surface area contributed by atoms with Crippen molar-refractivity contribution in [3.05, 3.63) is 65.7 Å². The third-order valence-corrected chi connectivity index (χ3v) is 6.29. The summed E-state index contributed by atoms with van der Waals surface area (Å²) in [6.07, 6.45) is 11.2. The van der Waals surface area contributed by atoms with Gasteiger partial charge in [-0.1, -0.05) is 94.3 Å². The molecule has 0 bridgehead atoms. The van der Waals surface area contributed by atoms with Gasteiger partial charge in [-0.25, -0.2) is 0 Å². The van der Waals surface area contributed by atoms with Gasteiger partial charge in [0.25, 0.3) is 0 Å². The summed E-state index contributed by atoms with van der Waals surface area (Å²) in [5, 5.41) is 0. The summed E-state index contributed by atoms with van der Waals surface area (Å²) in [5.41, 5.74) is 3.80. The lowest BCUT2D eigenvalue weighted by molar-refractivity contribution is -0.137. The van der Waals surface area contributed by atoms with Crippen LogP contribution < -0.4 is 0 Å². The van der Waals surface area contributed by atoms with Crippen molar-refractivity contribution in [3.8, 4) is 11.1 Å². The molecule has 0 saturated carbocycles. The van der Waals surface area contributed by atoms with Gasteiger partial charge in [0.15, 0.2) is 0 Å². The van der Waals surface area contributed by atoms with Crippen LogP contribution in [0.3, 0.4) is 0 Å². The van der Waals surface area contributed by atoms with Gasteiger partial charge in [0.1, 0.15) is 0 Å². The summed E-state index contributed by atoms with van der Waals surface area (Å²) >= 11 is 0. The van der Waals surface area contributed by atoms with E-state index in [0.717, 1.165) is 35.6 Å². The first kappa shape index (κ1) is 22.7. The molecule has 0 N–H and O–H groups in total. The summed E-state index contributed by atoms with van der Waals surface area (Å²) in [6, 6.07) is 13.6. The van der Waals surface area contributed by atoms with Crippen molar-refractivity contribution in [1.29, 1.82) is 0 Å². The molecule has 30 heavy (non-hydrogen) atoms. The minimum absolute atomic E-state index is 0.606. The van der Waals surface area contributed by atoms with Gasteiger partial charge < -0.3 is 0 Å². The molecule has 0 aromatic heterocycles. The average molecular weight is 415 g/mol. The molecule has 1 aliphatic carbocycles.